The van der Waals surface area contributed by atoms with Gasteiger partial charge in [-0.15, -0.1) is 0 Å². The number of amides is 1. The summed E-state index contributed by atoms with van der Waals surface area (Å²) in [5, 5.41) is 7.38. The maximum atomic E-state index is 12.6. The zero-order valence-corrected chi connectivity index (χ0v) is 16.2. The monoisotopic (exact) mass is 374 g/mol. The topological polar surface area (TPSA) is 50.8 Å². The molecule has 1 aromatic heterocycles. The number of nitrogens with zero attached hydrogens (tertiary/aromatic N) is 1. The number of methoxy groups -OCH3 is 2. The lowest BCUT2D eigenvalue weighted by Crippen LogP contribution is -2.40. The lowest BCUT2D eigenvalue weighted by Gasteiger charge is -2.34. The Hall–Kier alpha value is -2.05. The third-order valence-corrected chi connectivity index (χ3v) is 5.56. The lowest BCUT2D eigenvalue weighted by molar-refractivity contribution is 0.0924. The minimum absolute atomic E-state index is 0.0943. The smallest absolute Gasteiger partial charge is 0.251 e. The second-order valence-electron chi connectivity index (χ2n) is 6.45. The van der Waals surface area contributed by atoms with Gasteiger partial charge in [0.2, 0.25) is 0 Å². The number of ether oxygens (including phenoxy) is 2. The van der Waals surface area contributed by atoms with E-state index in [1.54, 1.807) is 43.8 Å². The first-order chi connectivity index (χ1) is 12.7. The second kappa shape index (κ2) is 9.05. The number of thiophene rings is 1. The van der Waals surface area contributed by atoms with Crippen molar-refractivity contribution in [3.05, 3.63) is 46.2 Å². The Kier molecular flexibility index (Phi) is 6.52. The minimum atomic E-state index is -0.0943. The number of rotatable bonds is 7. The fraction of sp³-hybridized carbons (Fsp3) is 0.450. The molecule has 1 unspecified atom stereocenters. The van der Waals surface area contributed by atoms with Crippen LogP contribution in [0.5, 0.6) is 11.5 Å². The van der Waals surface area contributed by atoms with Crippen molar-refractivity contribution >= 4 is 17.2 Å². The normalized spacial score (nSPS) is 16.1. The molecule has 0 aliphatic carbocycles. The molecule has 0 radical (unpaired) electrons. The summed E-state index contributed by atoms with van der Waals surface area (Å²) in [6, 6.07) is 7.62. The van der Waals surface area contributed by atoms with Crippen LogP contribution in [0.2, 0.25) is 0 Å². The Morgan fingerprint density at radius 2 is 1.92 bits per heavy atom. The van der Waals surface area contributed by atoms with Gasteiger partial charge in [-0.25, -0.2) is 0 Å². The molecule has 1 atom stereocenters. The number of carbonyl (C=O) groups excluding carboxylic acids is 1. The van der Waals surface area contributed by atoms with Gasteiger partial charge < -0.3 is 14.8 Å². The highest BCUT2D eigenvalue weighted by Crippen LogP contribution is 2.28. The lowest BCUT2D eigenvalue weighted by atomic mass is 10.0. The third kappa shape index (κ3) is 4.37. The summed E-state index contributed by atoms with van der Waals surface area (Å²) >= 11 is 1.70. The van der Waals surface area contributed by atoms with Crippen LogP contribution in [0.3, 0.4) is 0 Å². The molecule has 1 fully saturated rings. The van der Waals surface area contributed by atoms with Crippen LogP contribution >= 0.6 is 11.3 Å². The zero-order valence-electron chi connectivity index (χ0n) is 15.4. The van der Waals surface area contributed by atoms with Crippen molar-refractivity contribution in [2.24, 2.45) is 0 Å². The number of nitrogens with one attached hydrogen (secondary N) is 1. The van der Waals surface area contributed by atoms with Crippen molar-refractivity contribution < 1.29 is 14.3 Å². The van der Waals surface area contributed by atoms with Crippen molar-refractivity contribution in [3.63, 3.8) is 0 Å². The van der Waals surface area contributed by atoms with Gasteiger partial charge in [-0.05, 0) is 66.5 Å². The SMILES string of the molecule is COc1ccc(C(=O)NCC(c2ccsc2)N2CCCCC2)cc1OC. The summed E-state index contributed by atoms with van der Waals surface area (Å²) in [4.78, 5) is 15.1. The minimum Gasteiger partial charge on any atom is -0.493 e. The zero-order chi connectivity index (χ0) is 18.4. The Morgan fingerprint density at radius 1 is 1.15 bits per heavy atom. The number of hydrogen-bond acceptors (Lipinski definition) is 5. The summed E-state index contributed by atoms with van der Waals surface area (Å²) in [6.45, 7) is 2.78. The standard InChI is InChI=1S/C20H26N2O3S/c1-24-18-7-6-15(12-19(18)25-2)20(23)21-13-17(16-8-11-26-14-16)22-9-4-3-5-10-22/h6-8,11-12,14,17H,3-5,9-10,13H2,1-2H3,(H,21,23). The number of carbonyl (C=O) groups is 1. The van der Waals surface area contributed by atoms with Gasteiger partial charge in [0.1, 0.15) is 0 Å². The highest BCUT2D eigenvalue weighted by molar-refractivity contribution is 7.07. The van der Waals surface area contributed by atoms with Crippen LogP contribution in [-0.2, 0) is 0 Å². The molecule has 5 nitrogen and oxygen atoms in total. The van der Waals surface area contributed by atoms with Gasteiger partial charge in [-0.3, -0.25) is 9.69 Å². The van der Waals surface area contributed by atoms with E-state index in [1.807, 2.05) is 0 Å². The van der Waals surface area contributed by atoms with E-state index < -0.39 is 0 Å². The van der Waals surface area contributed by atoms with E-state index in [1.165, 1.54) is 24.8 Å². The molecular weight excluding hydrogens is 348 g/mol. The van der Waals surface area contributed by atoms with E-state index in [2.05, 4.69) is 27.0 Å². The molecule has 0 bridgehead atoms. The van der Waals surface area contributed by atoms with Gasteiger partial charge in [0.25, 0.3) is 5.91 Å². The highest BCUT2D eigenvalue weighted by Gasteiger charge is 2.23. The summed E-state index contributed by atoms with van der Waals surface area (Å²) in [6.07, 6.45) is 3.75. The Labute approximate surface area is 158 Å². The molecule has 1 saturated heterocycles. The molecule has 3 rings (SSSR count). The van der Waals surface area contributed by atoms with Gasteiger partial charge in [0.15, 0.2) is 11.5 Å². The molecule has 0 saturated carbocycles. The summed E-state index contributed by atoms with van der Waals surface area (Å²) in [7, 11) is 3.16. The molecule has 2 aromatic rings. The van der Waals surface area contributed by atoms with Gasteiger partial charge in [0.05, 0.1) is 20.3 Å². The first-order valence-electron chi connectivity index (χ1n) is 8.99. The predicted octanol–water partition coefficient (Wildman–Crippen LogP) is 3.72. The van der Waals surface area contributed by atoms with Crippen LogP contribution in [0.15, 0.2) is 35.0 Å². The molecule has 1 aromatic carbocycles. The molecule has 1 aliphatic rings. The van der Waals surface area contributed by atoms with Crippen LogP contribution in [0, 0.1) is 0 Å². The summed E-state index contributed by atoms with van der Waals surface area (Å²) < 4.78 is 10.5. The van der Waals surface area contributed by atoms with Crippen molar-refractivity contribution in [3.8, 4) is 11.5 Å². The van der Waals surface area contributed by atoms with E-state index >= 15 is 0 Å². The molecule has 6 heteroatoms. The molecule has 1 aliphatic heterocycles. The first-order valence-corrected chi connectivity index (χ1v) is 9.93. The molecule has 1 N–H and O–H groups in total. The Balaban J connectivity index is 1.69. The van der Waals surface area contributed by atoms with Crippen LogP contribution in [0.25, 0.3) is 0 Å². The van der Waals surface area contributed by atoms with Crippen molar-refractivity contribution in [1.82, 2.24) is 10.2 Å². The van der Waals surface area contributed by atoms with Crippen molar-refractivity contribution in [2.75, 3.05) is 33.9 Å². The Bertz CT molecular complexity index is 712. The van der Waals surface area contributed by atoms with E-state index in [0.29, 0.717) is 23.6 Å². The maximum Gasteiger partial charge on any atom is 0.251 e. The number of likely N-dealkylation sites (tertiary alicyclic amines) is 1. The first kappa shape index (κ1) is 18.7. The van der Waals surface area contributed by atoms with E-state index in [9.17, 15) is 4.79 Å². The number of piperidine rings is 1. The molecule has 0 spiro atoms. The van der Waals surface area contributed by atoms with Crippen LogP contribution in [0.1, 0.15) is 41.2 Å². The van der Waals surface area contributed by atoms with Crippen molar-refractivity contribution in [2.45, 2.75) is 25.3 Å². The van der Waals surface area contributed by atoms with E-state index in [-0.39, 0.29) is 11.9 Å². The fourth-order valence-electron chi connectivity index (χ4n) is 3.42. The molecule has 140 valence electrons. The molecule has 2 heterocycles. The Morgan fingerprint density at radius 3 is 2.58 bits per heavy atom. The average molecular weight is 375 g/mol. The average Bonchev–Trinajstić information content (AvgIpc) is 3.22. The summed E-state index contributed by atoms with van der Waals surface area (Å²) in [5.41, 5.74) is 1.86. The van der Waals surface area contributed by atoms with Crippen LogP contribution in [-0.4, -0.2) is 44.7 Å². The third-order valence-electron chi connectivity index (χ3n) is 4.86. The maximum absolute atomic E-state index is 12.6. The second-order valence-corrected chi connectivity index (χ2v) is 7.23. The van der Waals surface area contributed by atoms with Gasteiger partial charge in [-0.1, -0.05) is 6.42 Å². The number of hydrogen-bond donors (Lipinski definition) is 1. The largest absolute Gasteiger partial charge is 0.493 e. The quantitative estimate of drug-likeness (QED) is 0.802. The van der Waals surface area contributed by atoms with Crippen molar-refractivity contribution in [1.29, 1.82) is 0 Å². The van der Waals surface area contributed by atoms with Gasteiger partial charge in [0, 0.05) is 12.1 Å². The van der Waals surface area contributed by atoms with E-state index in [0.717, 1.165) is 13.1 Å². The van der Waals surface area contributed by atoms with E-state index in [4.69, 9.17) is 9.47 Å². The molecule has 1 amide bonds. The van der Waals surface area contributed by atoms with Crippen LogP contribution < -0.4 is 14.8 Å². The fourth-order valence-corrected chi connectivity index (χ4v) is 4.13. The van der Waals surface area contributed by atoms with Gasteiger partial charge >= 0.3 is 0 Å². The van der Waals surface area contributed by atoms with Gasteiger partial charge in [-0.2, -0.15) is 11.3 Å². The van der Waals surface area contributed by atoms with Crippen LogP contribution in [0.4, 0.5) is 0 Å². The molecular formula is C20H26N2O3S. The molecule has 26 heavy (non-hydrogen) atoms. The highest BCUT2D eigenvalue weighted by atomic mass is 32.1. The number of benzene rings is 1. The predicted molar refractivity (Wildman–Crippen MR) is 104 cm³/mol. The summed E-state index contributed by atoms with van der Waals surface area (Å²) in [5.74, 6) is 1.09.